The zero-order valence-electron chi connectivity index (χ0n) is 16.1. The molecule has 0 saturated carbocycles. The van der Waals surface area contributed by atoms with E-state index in [1.807, 2.05) is 36.0 Å². The van der Waals surface area contributed by atoms with E-state index in [-0.39, 0.29) is 11.0 Å². The van der Waals surface area contributed by atoms with E-state index in [2.05, 4.69) is 27.7 Å². The van der Waals surface area contributed by atoms with Crippen LogP contribution in [0.5, 0.6) is 5.75 Å². The van der Waals surface area contributed by atoms with Crippen LogP contribution in [0.3, 0.4) is 0 Å². The van der Waals surface area contributed by atoms with Crippen LogP contribution < -0.4 is 4.74 Å². The molecule has 0 spiro atoms. The SMILES string of the molecule is COc1ccc(COCC(C)CC(C)SC(C)(C)C2OCCO2)cc1. The Morgan fingerprint density at radius 3 is 2.40 bits per heavy atom. The van der Waals surface area contributed by atoms with Gasteiger partial charge in [0.1, 0.15) is 5.75 Å². The van der Waals surface area contributed by atoms with Gasteiger partial charge in [0.2, 0.25) is 0 Å². The van der Waals surface area contributed by atoms with Crippen molar-refractivity contribution in [3.63, 3.8) is 0 Å². The summed E-state index contributed by atoms with van der Waals surface area (Å²) in [6.07, 6.45) is 1.02. The Balaban J connectivity index is 1.67. The van der Waals surface area contributed by atoms with E-state index in [0.29, 0.717) is 31.0 Å². The van der Waals surface area contributed by atoms with Gasteiger partial charge in [0.25, 0.3) is 0 Å². The quantitative estimate of drug-likeness (QED) is 0.607. The van der Waals surface area contributed by atoms with Crippen LogP contribution in [0.15, 0.2) is 24.3 Å². The minimum atomic E-state index is -0.0958. The highest BCUT2D eigenvalue weighted by molar-refractivity contribution is 8.01. The van der Waals surface area contributed by atoms with Crippen LogP contribution in [0.25, 0.3) is 0 Å². The normalized spacial score (nSPS) is 18.3. The summed E-state index contributed by atoms with van der Waals surface area (Å²) in [6, 6.07) is 8.03. The van der Waals surface area contributed by atoms with Crippen LogP contribution in [-0.4, -0.2) is 43.2 Å². The van der Waals surface area contributed by atoms with Gasteiger partial charge >= 0.3 is 0 Å². The number of hydrogen-bond acceptors (Lipinski definition) is 5. The van der Waals surface area contributed by atoms with E-state index in [1.165, 1.54) is 5.56 Å². The molecule has 1 aromatic rings. The summed E-state index contributed by atoms with van der Waals surface area (Å²) in [5.41, 5.74) is 1.17. The van der Waals surface area contributed by atoms with E-state index >= 15 is 0 Å². The maximum absolute atomic E-state index is 5.89. The van der Waals surface area contributed by atoms with Crippen LogP contribution >= 0.6 is 11.8 Å². The second-order valence-electron chi connectivity index (χ2n) is 7.31. The van der Waals surface area contributed by atoms with Crippen molar-refractivity contribution in [2.24, 2.45) is 5.92 Å². The molecule has 0 aliphatic carbocycles. The van der Waals surface area contributed by atoms with Crippen LogP contribution in [-0.2, 0) is 20.8 Å². The zero-order chi connectivity index (χ0) is 18.3. The smallest absolute Gasteiger partial charge is 0.171 e. The van der Waals surface area contributed by atoms with E-state index < -0.39 is 0 Å². The van der Waals surface area contributed by atoms with E-state index in [0.717, 1.165) is 18.8 Å². The second kappa shape index (κ2) is 9.81. The molecule has 1 aliphatic rings. The maximum atomic E-state index is 5.89. The average molecular weight is 369 g/mol. The van der Waals surface area contributed by atoms with Gasteiger partial charge in [-0.25, -0.2) is 0 Å². The Morgan fingerprint density at radius 1 is 1.16 bits per heavy atom. The number of ether oxygens (including phenoxy) is 4. The lowest BCUT2D eigenvalue weighted by Crippen LogP contribution is -2.35. The number of methoxy groups -OCH3 is 1. The van der Waals surface area contributed by atoms with Crippen LogP contribution in [0.4, 0.5) is 0 Å². The molecule has 1 fully saturated rings. The van der Waals surface area contributed by atoms with Crippen LogP contribution in [0.1, 0.15) is 39.7 Å². The molecular weight excluding hydrogens is 336 g/mol. The Morgan fingerprint density at radius 2 is 1.80 bits per heavy atom. The molecule has 0 aromatic heterocycles. The summed E-state index contributed by atoms with van der Waals surface area (Å²) in [6.45, 7) is 11.8. The van der Waals surface area contributed by atoms with Crippen LogP contribution in [0.2, 0.25) is 0 Å². The molecule has 0 N–H and O–H groups in total. The van der Waals surface area contributed by atoms with Gasteiger partial charge in [-0.3, -0.25) is 0 Å². The fourth-order valence-corrected chi connectivity index (χ4v) is 4.83. The van der Waals surface area contributed by atoms with Crippen molar-refractivity contribution < 1.29 is 18.9 Å². The summed E-state index contributed by atoms with van der Waals surface area (Å²) >= 11 is 1.94. The highest BCUT2D eigenvalue weighted by atomic mass is 32.2. The first-order chi connectivity index (χ1) is 11.9. The van der Waals surface area contributed by atoms with Crippen molar-refractivity contribution in [2.45, 2.75) is 57.0 Å². The molecular formula is C20H32O4S. The third kappa shape index (κ3) is 6.81. The third-order valence-electron chi connectivity index (χ3n) is 4.26. The Hall–Kier alpha value is -0.750. The number of thioether (sulfide) groups is 1. The fraction of sp³-hybridized carbons (Fsp3) is 0.700. The molecule has 2 atom stereocenters. The Labute approximate surface area is 156 Å². The highest BCUT2D eigenvalue weighted by Gasteiger charge is 2.36. The summed E-state index contributed by atoms with van der Waals surface area (Å²) in [4.78, 5) is 0. The fourth-order valence-electron chi connectivity index (χ4n) is 3.12. The van der Waals surface area contributed by atoms with Gasteiger partial charge in [0, 0.05) is 11.9 Å². The van der Waals surface area contributed by atoms with Gasteiger partial charge in [-0.05, 0) is 43.9 Å². The van der Waals surface area contributed by atoms with E-state index in [4.69, 9.17) is 18.9 Å². The molecule has 5 heteroatoms. The van der Waals surface area contributed by atoms with Gasteiger partial charge < -0.3 is 18.9 Å². The Bertz CT molecular complexity index is 497. The van der Waals surface area contributed by atoms with Gasteiger partial charge in [0.15, 0.2) is 6.29 Å². The lowest BCUT2D eigenvalue weighted by molar-refractivity contribution is -0.0614. The zero-order valence-corrected chi connectivity index (χ0v) is 16.9. The predicted octanol–water partition coefficient (Wildman–Crippen LogP) is 4.51. The maximum Gasteiger partial charge on any atom is 0.171 e. The van der Waals surface area contributed by atoms with E-state index in [1.54, 1.807) is 7.11 Å². The molecule has 2 unspecified atom stereocenters. The standard InChI is InChI=1S/C20H32O4S/c1-15(13-22-14-17-6-8-18(21-5)9-7-17)12-16(2)25-20(3,4)19-23-10-11-24-19/h6-9,15-16,19H,10-14H2,1-5H3. The van der Waals surface area contributed by atoms with E-state index in [9.17, 15) is 0 Å². The largest absolute Gasteiger partial charge is 0.497 e. The summed E-state index contributed by atoms with van der Waals surface area (Å²) in [5.74, 6) is 1.39. The van der Waals surface area contributed by atoms with Gasteiger partial charge in [-0.1, -0.05) is 26.0 Å². The number of hydrogen-bond donors (Lipinski definition) is 0. The molecule has 1 heterocycles. The van der Waals surface area contributed by atoms with Crippen LogP contribution in [0, 0.1) is 5.92 Å². The van der Waals surface area contributed by atoms with Crippen molar-refractivity contribution in [1.29, 1.82) is 0 Å². The molecule has 25 heavy (non-hydrogen) atoms. The first kappa shape index (κ1) is 20.6. The lowest BCUT2D eigenvalue weighted by atomic mass is 10.1. The van der Waals surface area contributed by atoms with Gasteiger partial charge in [-0.15, -0.1) is 11.8 Å². The summed E-state index contributed by atoms with van der Waals surface area (Å²) in [5, 5.41) is 0.530. The highest BCUT2D eigenvalue weighted by Crippen LogP contribution is 2.37. The molecule has 1 aromatic carbocycles. The molecule has 1 saturated heterocycles. The number of rotatable bonds is 10. The molecule has 2 rings (SSSR count). The second-order valence-corrected chi connectivity index (χ2v) is 9.40. The lowest BCUT2D eigenvalue weighted by Gasteiger charge is -2.32. The average Bonchev–Trinajstić information content (AvgIpc) is 3.10. The third-order valence-corrected chi connectivity index (χ3v) is 5.65. The minimum absolute atomic E-state index is 0.0282. The topological polar surface area (TPSA) is 36.9 Å². The first-order valence-electron chi connectivity index (χ1n) is 9.02. The molecule has 142 valence electrons. The van der Waals surface area contributed by atoms with Crippen molar-refractivity contribution >= 4 is 11.8 Å². The van der Waals surface area contributed by atoms with Crippen molar-refractivity contribution in [1.82, 2.24) is 0 Å². The molecule has 1 aliphatic heterocycles. The molecule has 4 nitrogen and oxygen atoms in total. The first-order valence-corrected chi connectivity index (χ1v) is 9.90. The van der Waals surface area contributed by atoms with Crippen molar-refractivity contribution in [3.8, 4) is 5.75 Å². The number of benzene rings is 1. The van der Waals surface area contributed by atoms with Gasteiger partial charge in [0.05, 0.1) is 31.7 Å². The minimum Gasteiger partial charge on any atom is -0.497 e. The molecule has 0 bridgehead atoms. The summed E-state index contributed by atoms with van der Waals surface area (Å²) < 4.78 is 22.4. The molecule has 0 radical (unpaired) electrons. The molecule has 0 amide bonds. The van der Waals surface area contributed by atoms with Crippen molar-refractivity contribution in [3.05, 3.63) is 29.8 Å². The monoisotopic (exact) mass is 368 g/mol. The predicted molar refractivity (Wildman–Crippen MR) is 103 cm³/mol. The Kier molecular flexibility index (Phi) is 8.07. The summed E-state index contributed by atoms with van der Waals surface area (Å²) in [7, 11) is 1.68. The van der Waals surface area contributed by atoms with Crippen molar-refractivity contribution in [2.75, 3.05) is 26.9 Å². The van der Waals surface area contributed by atoms with Gasteiger partial charge in [-0.2, -0.15) is 0 Å².